The minimum absolute atomic E-state index is 0.356. The molecule has 4 aromatic rings. The molecule has 0 bridgehead atoms. The number of aromatic amines is 1. The van der Waals surface area contributed by atoms with Gasteiger partial charge in [-0.05, 0) is 31.9 Å². The van der Waals surface area contributed by atoms with Crippen LogP contribution >= 0.6 is 0 Å². The van der Waals surface area contributed by atoms with E-state index in [1.165, 1.54) is 16.6 Å². The standard InChI is InChI=1S/C18H16FN7O/c1-10-16(21-13-8-11(19)4-5-12(13)20-10)14-9-15-22-17(25-6-2-3-7-25)23-18(27)26(15)24-14/h4-5,8-9H,2-3,6-7H2,1H3,(H,22,23,27). The van der Waals surface area contributed by atoms with E-state index >= 15 is 0 Å². The van der Waals surface area contributed by atoms with Crippen molar-refractivity contribution in [2.24, 2.45) is 0 Å². The first-order valence-electron chi connectivity index (χ1n) is 8.78. The first kappa shape index (κ1) is 15.9. The van der Waals surface area contributed by atoms with Crippen LogP contribution in [0.2, 0.25) is 0 Å². The maximum Gasteiger partial charge on any atom is 0.350 e. The number of H-pyrrole nitrogens is 1. The predicted molar refractivity (Wildman–Crippen MR) is 98.3 cm³/mol. The van der Waals surface area contributed by atoms with E-state index in [1.807, 2.05) is 6.92 Å². The van der Waals surface area contributed by atoms with E-state index in [0.717, 1.165) is 25.9 Å². The molecule has 0 radical (unpaired) electrons. The van der Waals surface area contributed by atoms with Crippen molar-refractivity contribution in [3.8, 4) is 11.4 Å². The highest BCUT2D eigenvalue weighted by Gasteiger charge is 2.18. The number of aromatic nitrogens is 6. The quantitative estimate of drug-likeness (QED) is 0.585. The predicted octanol–water partition coefficient (Wildman–Crippen LogP) is 2.08. The number of fused-ring (bicyclic) bond motifs is 2. The van der Waals surface area contributed by atoms with Crippen LogP contribution in [0.3, 0.4) is 0 Å². The third-order valence-electron chi connectivity index (χ3n) is 4.77. The Morgan fingerprint density at radius 3 is 2.70 bits per heavy atom. The van der Waals surface area contributed by atoms with Crippen LogP contribution in [0.1, 0.15) is 18.5 Å². The van der Waals surface area contributed by atoms with Crippen molar-refractivity contribution in [3.63, 3.8) is 0 Å². The van der Waals surface area contributed by atoms with E-state index < -0.39 is 0 Å². The van der Waals surface area contributed by atoms with Gasteiger partial charge in [0, 0.05) is 25.2 Å². The molecule has 3 aromatic heterocycles. The lowest BCUT2D eigenvalue weighted by molar-refractivity contribution is 0.629. The van der Waals surface area contributed by atoms with Crippen molar-refractivity contribution < 1.29 is 4.39 Å². The summed E-state index contributed by atoms with van der Waals surface area (Å²) in [7, 11) is 0. The van der Waals surface area contributed by atoms with Crippen LogP contribution in [0.25, 0.3) is 28.1 Å². The SMILES string of the molecule is Cc1nc2ccc(F)cc2nc1-c1cc2nc(N3CCCC3)[nH]c(=O)n2n1. The summed E-state index contributed by atoms with van der Waals surface area (Å²) in [6.45, 7) is 3.56. The van der Waals surface area contributed by atoms with Gasteiger partial charge in [-0.15, -0.1) is 0 Å². The van der Waals surface area contributed by atoms with Crippen molar-refractivity contribution in [3.05, 3.63) is 46.3 Å². The van der Waals surface area contributed by atoms with E-state index in [2.05, 4.69) is 29.9 Å². The molecular formula is C18H16FN7O. The summed E-state index contributed by atoms with van der Waals surface area (Å²) in [6, 6.07) is 5.98. The zero-order chi connectivity index (χ0) is 18.5. The summed E-state index contributed by atoms with van der Waals surface area (Å²) in [5.74, 6) is 0.176. The fraction of sp³-hybridized carbons (Fsp3) is 0.278. The van der Waals surface area contributed by atoms with Gasteiger partial charge in [0.05, 0.1) is 16.7 Å². The number of halogens is 1. The molecule has 0 saturated carbocycles. The monoisotopic (exact) mass is 365 g/mol. The van der Waals surface area contributed by atoms with Crippen LogP contribution in [-0.2, 0) is 0 Å². The Kier molecular flexibility index (Phi) is 3.43. The number of benzene rings is 1. The molecule has 0 spiro atoms. The summed E-state index contributed by atoms with van der Waals surface area (Å²) in [5, 5.41) is 4.34. The van der Waals surface area contributed by atoms with E-state index in [-0.39, 0.29) is 11.5 Å². The largest absolute Gasteiger partial charge is 0.350 e. The molecule has 1 N–H and O–H groups in total. The van der Waals surface area contributed by atoms with Crippen LogP contribution in [0.5, 0.6) is 0 Å². The molecule has 1 aromatic carbocycles. The van der Waals surface area contributed by atoms with E-state index in [0.29, 0.717) is 39.7 Å². The third-order valence-corrected chi connectivity index (χ3v) is 4.77. The van der Waals surface area contributed by atoms with Crippen LogP contribution in [0.15, 0.2) is 29.1 Å². The molecular weight excluding hydrogens is 349 g/mol. The van der Waals surface area contributed by atoms with Crippen LogP contribution in [0, 0.1) is 12.7 Å². The number of nitrogens with zero attached hydrogens (tertiary/aromatic N) is 6. The lowest BCUT2D eigenvalue weighted by Gasteiger charge is -2.14. The molecule has 5 rings (SSSR count). The smallest absolute Gasteiger partial charge is 0.342 e. The number of anilines is 1. The second-order valence-corrected chi connectivity index (χ2v) is 6.65. The van der Waals surface area contributed by atoms with Crippen LogP contribution in [0.4, 0.5) is 10.3 Å². The fourth-order valence-electron chi connectivity index (χ4n) is 3.44. The Morgan fingerprint density at radius 1 is 1.07 bits per heavy atom. The number of rotatable bonds is 2. The van der Waals surface area contributed by atoms with Gasteiger partial charge in [0.15, 0.2) is 5.65 Å². The Labute approximate surface area is 152 Å². The molecule has 1 fully saturated rings. The van der Waals surface area contributed by atoms with Crippen molar-refractivity contribution in [1.29, 1.82) is 0 Å². The third kappa shape index (κ3) is 2.62. The zero-order valence-corrected chi connectivity index (χ0v) is 14.6. The number of nitrogens with one attached hydrogen (secondary N) is 1. The normalized spacial score (nSPS) is 14.5. The number of aryl methyl sites for hydroxylation is 1. The molecule has 4 heterocycles. The molecule has 27 heavy (non-hydrogen) atoms. The Hall–Kier alpha value is -3.36. The molecule has 136 valence electrons. The van der Waals surface area contributed by atoms with Crippen molar-refractivity contribution in [2.45, 2.75) is 19.8 Å². The highest BCUT2D eigenvalue weighted by molar-refractivity contribution is 5.78. The highest BCUT2D eigenvalue weighted by atomic mass is 19.1. The second-order valence-electron chi connectivity index (χ2n) is 6.65. The van der Waals surface area contributed by atoms with E-state index in [1.54, 1.807) is 12.1 Å². The second kappa shape index (κ2) is 5.83. The molecule has 0 atom stereocenters. The van der Waals surface area contributed by atoms with Gasteiger partial charge in [-0.1, -0.05) is 0 Å². The zero-order valence-electron chi connectivity index (χ0n) is 14.6. The van der Waals surface area contributed by atoms with Crippen LogP contribution < -0.4 is 10.6 Å². The topological polar surface area (TPSA) is 92.1 Å². The Bertz CT molecular complexity index is 1240. The molecule has 1 saturated heterocycles. The van der Waals surface area contributed by atoms with Gasteiger partial charge in [0.25, 0.3) is 0 Å². The van der Waals surface area contributed by atoms with Gasteiger partial charge in [-0.25, -0.2) is 19.2 Å². The number of hydrogen-bond acceptors (Lipinski definition) is 6. The van der Waals surface area contributed by atoms with Gasteiger partial charge < -0.3 is 4.90 Å². The first-order chi connectivity index (χ1) is 13.1. The summed E-state index contributed by atoms with van der Waals surface area (Å²) in [5.41, 5.74) is 2.75. The van der Waals surface area contributed by atoms with Gasteiger partial charge in [0.2, 0.25) is 5.95 Å². The molecule has 1 aliphatic heterocycles. The summed E-state index contributed by atoms with van der Waals surface area (Å²) in [4.78, 5) is 30.8. The van der Waals surface area contributed by atoms with Crippen molar-refractivity contribution in [1.82, 2.24) is 29.5 Å². The van der Waals surface area contributed by atoms with Gasteiger partial charge in [0.1, 0.15) is 17.2 Å². The lowest BCUT2D eigenvalue weighted by Crippen LogP contribution is -2.27. The summed E-state index contributed by atoms with van der Waals surface area (Å²) in [6.07, 6.45) is 2.17. The minimum Gasteiger partial charge on any atom is -0.342 e. The molecule has 1 aliphatic rings. The summed E-state index contributed by atoms with van der Waals surface area (Å²) < 4.78 is 14.8. The molecule has 0 unspecified atom stereocenters. The molecule has 0 amide bonds. The lowest BCUT2D eigenvalue weighted by atomic mass is 10.2. The van der Waals surface area contributed by atoms with Gasteiger partial charge >= 0.3 is 5.69 Å². The fourth-order valence-corrected chi connectivity index (χ4v) is 3.44. The average molecular weight is 365 g/mol. The molecule has 9 heteroatoms. The highest BCUT2D eigenvalue weighted by Crippen LogP contribution is 2.23. The summed E-state index contributed by atoms with van der Waals surface area (Å²) >= 11 is 0. The maximum atomic E-state index is 13.5. The maximum absolute atomic E-state index is 13.5. The number of hydrogen-bond donors (Lipinski definition) is 1. The Morgan fingerprint density at radius 2 is 1.89 bits per heavy atom. The molecule has 0 aliphatic carbocycles. The van der Waals surface area contributed by atoms with Gasteiger partial charge in [-0.2, -0.15) is 14.6 Å². The van der Waals surface area contributed by atoms with Crippen molar-refractivity contribution >= 4 is 22.6 Å². The van der Waals surface area contributed by atoms with Crippen molar-refractivity contribution in [2.75, 3.05) is 18.0 Å². The Balaban J connectivity index is 1.66. The molecule has 8 nitrogen and oxygen atoms in total. The first-order valence-corrected chi connectivity index (χ1v) is 8.78. The van der Waals surface area contributed by atoms with Crippen LogP contribution in [-0.4, -0.2) is 42.6 Å². The van der Waals surface area contributed by atoms with E-state index in [9.17, 15) is 9.18 Å². The van der Waals surface area contributed by atoms with Gasteiger partial charge in [-0.3, -0.25) is 4.98 Å². The minimum atomic E-state index is -0.380. The van der Waals surface area contributed by atoms with E-state index in [4.69, 9.17) is 0 Å². The average Bonchev–Trinajstić information content (AvgIpc) is 3.31.